The quantitative estimate of drug-likeness (QED) is 0.177. The summed E-state index contributed by atoms with van der Waals surface area (Å²) >= 11 is 11.9. The Morgan fingerprint density at radius 1 is 0.971 bits per heavy atom. The predicted molar refractivity (Wildman–Crippen MR) is 135 cm³/mol. The number of sulfonamides is 1. The zero-order valence-electron chi connectivity index (χ0n) is 18.5. The second-order valence-electron chi connectivity index (χ2n) is 7.04. The van der Waals surface area contributed by atoms with Crippen LogP contribution in [0, 0.1) is 0 Å². The Balaban J connectivity index is 1.82. The van der Waals surface area contributed by atoms with Gasteiger partial charge < -0.3 is 15.2 Å². The molecule has 3 aromatic carbocycles. The number of anilines is 2. The molecule has 0 aliphatic carbocycles. The average molecular weight is 535 g/mol. The lowest BCUT2D eigenvalue weighted by Crippen LogP contribution is -2.14. The van der Waals surface area contributed by atoms with Crippen molar-refractivity contribution in [2.45, 2.75) is 11.8 Å². The molecule has 3 aromatic rings. The number of methoxy groups -OCH3 is 1. The first-order valence-corrected chi connectivity index (χ1v) is 12.2. The molecular formula is C23H20Cl2N4O5S. The van der Waals surface area contributed by atoms with Crippen LogP contribution in [0.25, 0.3) is 0 Å². The van der Waals surface area contributed by atoms with Gasteiger partial charge in [0.15, 0.2) is 5.70 Å². The van der Waals surface area contributed by atoms with Crippen LogP contribution >= 0.6 is 23.2 Å². The molecule has 1 amide bonds. The normalized spacial score (nSPS) is 12.2. The molecule has 0 atom stereocenters. The average Bonchev–Trinajstić information content (AvgIpc) is 2.81. The van der Waals surface area contributed by atoms with Gasteiger partial charge in [-0.2, -0.15) is 5.11 Å². The van der Waals surface area contributed by atoms with E-state index in [1.807, 2.05) is 0 Å². The maximum Gasteiger partial charge on any atom is 0.279 e. The molecule has 0 aromatic heterocycles. The Kier molecular flexibility index (Phi) is 8.34. The Hall–Kier alpha value is -3.60. The van der Waals surface area contributed by atoms with Gasteiger partial charge in [-0.15, -0.1) is 5.11 Å². The molecule has 35 heavy (non-hydrogen) atoms. The summed E-state index contributed by atoms with van der Waals surface area (Å²) in [6.45, 7) is 1.27. The molecule has 9 nitrogen and oxygen atoms in total. The van der Waals surface area contributed by atoms with Gasteiger partial charge >= 0.3 is 0 Å². The van der Waals surface area contributed by atoms with E-state index >= 15 is 0 Å². The summed E-state index contributed by atoms with van der Waals surface area (Å²) < 4.78 is 33.2. The number of aliphatic hydroxyl groups is 1. The number of hydrogen-bond acceptors (Lipinski definition) is 7. The summed E-state index contributed by atoms with van der Waals surface area (Å²) in [6, 6.07) is 16.5. The monoisotopic (exact) mass is 534 g/mol. The van der Waals surface area contributed by atoms with Crippen molar-refractivity contribution in [3.8, 4) is 5.75 Å². The second-order valence-corrected chi connectivity index (χ2v) is 9.54. The van der Waals surface area contributed by atoms with Crippen LogP contribution in [0.2, 0.25) is 10.0 Å². The van der Waals surface area contributed by atoms with Gasteiger partial charge in [-0.1, -0.05) is 23.2 Å². The zero-order chi connectivity index (χ0) is 25.6. The minimum atomic E-state index is -4.07. The largest absolute Gasteiger partial charge is 0.510 e. The number of rotatable bonds is 8. The molecule has 0 aliphatic rings. The van der Waals surface area contributed by atoms with Crippen LogP contribution in [0.4, 0.5) is 17.1 Å². The molecule has 0 aliphatic heterocycles. The fourth-order valence-electron chi connectivity index (χ4n) is 2.74. The highest BCUT2D eigenvalue weighted by molar-refractivity contribution is 7.92. The number of nitrogens with zero attached hydrogens (tertiary/aromatic N) is 2. The molecule has 0 heterocycles. The number of aliphatic hydroxyl groups excluding tert-OH is 1. The molecule has 0 bridgehead atoms. The lowest BCUT2D eigenvalue weighted by molar-refractivity contribution is -0.113. The third-order valence-corrected chi connectivity index (χ3v) is 6.59. The lowest BCUT2D eigenvalue weighted by atomic mass is 10.3. The number of amides is 1. The number of carbonyl (C=O) groups is 1. The third kappa shape index (κ3) is 6.95. The molecule has 0 spiro atoms. The van der Waals surface area contributed by atoms with Crippen molar-refractivity contribution in [2.75, 3.05) is 17.1 Å². The second kappa shape index (κ2) is 11.2. The first kappa shape index (κ1) is 26.0. The molecular weight excluding hydrogens is 515 g/mol. The van der Waals surface area contributed by atoms with Crippen LogP contribution in [-0.4, -0.2) is 26.5 Å². The van der Waals surface area contributed by atoms with Crippen molar-refractivity contribution >= 4 is 56.2 Å². The van der Waals surface area contributed by atoms with E-state index in [9.17, 15) is 18.3 Å². The summed E-state index contributed by atoms with van der Waals surface area (Å²) in [5.74, 6) is -0.494. The smallest absolute Gasteiger partial charge is 0.279 e. The van der Waals surface area contributed by atoms with E-state index in [-0.39, 0.29) is 32.7 Å². The fraction of sp³-hybridized carbons (Fsp3) is 0.0870. The van der Waals surface area contributed by atoms with Crippen molar-refractivity contribution in [1.29, 1.82) is 0 Å². The number of hydrogen-bond donors (Lipinski definition) is 3. The van der Waals surface area contributed by atoms with Crippen LogP contribution in [0.1, 0.15) is 6.92 Å². The van der Waals surface area contributed by atoms with Crippen LogP contribution in [0.3, 0.4) is 0 Å². The van der Waals surface area contributed by atoms with Gasteiger partial charge in [0.2, 0.25) is 0 Å². The molecule has 0 radical (unpaired) electrons. The molecule has 3 N–H and O–H groups in total. The standard InChI is InChI=1S/C23H20Cl2N4O5S/c1-14(30)22(23(31)26-16-7-10-19(34-2)11-8-16)28-27-18-9-12-20(25)21(13-18)35(32,33)29-17-5-3-15(24)4-6-17/h3-13,29-30H,1-2H3,(H,26,31)/b22-14+,28-27?. The van der Waals surface area contributed by atoms with Gasteiger partial charge in [0, 0.05) is 16.4 Å². The fourth-order valence-corrected chi connectivity index (χ4v) is 4.45. The van der Waals surface area contributed by atoms with Crippen LogP contribution < -0.4 is 14.8 Å². The van der Waals surface area contributed by atoms with Gasteiger partial charge in [0.05, 0.1) is 17.8 Å². The lowest BCUT2D eigenvalue weighted by Gasteiger charge is -2.10. The molecule has 182 valence electrons. The van der Waals surface area contributed by atoms with Gasteiger partial charge in [-0.05, 0) is 73.7 Å². The van der Waals surface area contributed by atoms with Gasteiger partial charge in [0.25, 0.3) is 15.9 Å². The first-order valence-electron chi connectivity index (χ1n) is 9.94. The number of nitrogens with one attached hydrogen (secondary N) is 2. The van der Waals surface area contributed by atoms with Crippen molar-refractivity contribution in [3.63, 3.8) is 0 Å². The zero-order valence-corrected chi connectivity index (χ0v) is 20.8. The molecule has 0 fully saturated rings. The van der Waals surface area contributed by atoms with E-state index < -0.39 is 15.9 Å². The van der Waals surface area contributed by atoms with Crippen molar-refractivity contribution in [3.05, 3.63) is 88.2 Å². The SMILES string of the molecule is COc1ccc(NC(=O)/C(N=Nc2ccc(Cl)c(S(=O)(=O)Nc3ccc(Cl)cc3)c2)=C(/C)O)cc1. The summed E-state index contributed by atoms with van der Waals surface area (Å²) in [4.78, 5) is 12.3. The molecule has 3 rings (SSSR count). The minimum absolute atomic E-state index is 0.0447. The van der Waals surface area contributed by atoms with Crippen molar-refractivity contribution in [1.82, 2.24) is 0 Å². The Morgan fingerprint density at radius 2 is 1.60 bits per heavy atom. The molecule has 0 saturated carbocycles. The van der Waals surface area contributed by atoms with Gasteiger partial charge in [-0.3, -0.25) is 9.52 Å². The summed E-state index contributed by atoms with van der Waals surface area (Å²) in [6.07, 6.45) is 0. The highest BCUT2D eigenvalue weighted by Gasteiger charge is 2.19. The predicted octanol–water partition coefficient (Wildman–Crippen LogP) is 6.31. The Labute approximate surface area is 212 Å². The third-order valence-electron chi connectivity index (χ3n) is 4.47. The Morgan fingerprint density at radius 3 is 2.20 bits per heavy atom. The Bertz CT molecular complexity index is 1390. The minimum Gasteiger partial charge on any atom is -0.510 e. The highest BCUT2D eigenvalue weighted by atomic mass is 35.5. The van der Waals surface area contributed by atoms with E-state index in [0.717, 1.165) is 0 Å². The number of benzene rings is 3. The molecule has 0 saturated heterocycles. The maximum absolute atomic E-state index is 12.8. The number of azo groups is 1. The number of carbonyl (C=O) groups excluding carboxylic acids is 1. The maximum atomic E-state index is 12.8. The summed E-state index contributed by atoms with van der Waals surface area (Å²) in [5.41, 5.74) is 0.452. The van der Waals surface area contributed by atoms with Gasteiger partial charge in [-0.25, -0.2) is 8.42 Å². The van der Waals surface area contributed by atoms with E-state index in [1.165, 1.54) is 56.5 Å². The summed E-state index contributed by atoms with van der Waals surface area (Å²) in [5, 5.41) is 20.7. The van der Waals surface area contributed by atoms with E-state index in [0.29, 0.717) is 16.5 Å². The molecule has 0 unspecified atom stereocenters. The van der Waals surface area contributed by atoms with Crippen LogP contribution in [0.5, 0.6) is 5.75 Å². The van der Waals surface area contributed by atoms with E-state index in [4.69, 9.17) is 27.9 Å². The first-order chi connectivity index (χ1) is 16.6. The van der Waals surface area contributed by atoms with Crippen molar-refractivity contribution < 1.29 is 23.1 Å². The van der Waals surface area contributed by atoms with E-state index in [1.54, 1.807) is 24.3 Å². The van der Waals surface area contributed by atoms with Gasteiger partial charge in [0.1, 0.15) is 16.4 Å². The van der Waals surface area contributed by atoms with Crippen molar-refractivity contribution in [2.24, 2.45) is 10.2 Å². The number of allylic oxidation sites excluding steroid dienone is 1. The van der Waals surface area contributed by atoms with Crippen LogP contribution in [0.15, 0.2) is 93.3 Å². The number of ether oxygens (including phenoxy) is 1. The topological polar surface area (TPSA) is 129 Å². The van der Waals surface area contributed by atoms with E-state index in [2.05, 4.69) is 20.3 Å². The summed E-state index contributed by atoms with van der Waals surface area (Å²) in [7, 11) is -2.56. The number of halogens is 2. The highest BCUT2D eigenvalue weighted by Crippen LogP contribution is 2.29. The van der Waals surface area contributed by atoms with Crippen LogP contribution in [-0.2, 0) is 14.8 Å². The molecule has 12 heteroatoms.